The molecule has 1 aliphatic rings. The number of para-hydroxylation sites is 1. The fourth-order valence-electron chi connectivity index (χ4n) is 3.42. The van der Waals surface area contributed by atoms with Crippen LogP contribution in [0.5, 0.6) is 11.5 Å². The average Bonchev–Trinajstić information content (AvgIpc) is 3.04. The fraction of sp³-hybridized carbons (Fsp3) is 0.0833. The van der Waals surface area contributed by atoms with E-state index in [1.807, 2.05) is 0 Å². The fourth-order valence-corrected chi connectivity index (χ4v) is 3.42. The molecule has 6 nitrogen and oxygen atoms in total. The Bertz CT molecular complexity index is 1240. The van der Waals surface area contributed by atoms with Crippen LogP contribution < -0.4 is 19.7 Å². The van der Waals surface area contributed by atoms with Crippen LogP contribution in [0.3, 0.4) is 0 Å². The third-order valence-electron chi connectivity index (χ3n) is 4.98. The van der Waals surface area contributed by atoms with Gasteiger partial charge in [0.05, 0.1) is 31.2 Å². The molecule has 0 saturated heterocycles. The van der Waals surface area contributed by atoms with Crippen molar-refractivity contribution in [3.8, 4) is 11.5 Å². The number of anilines is 2. The number of methoxy groups -OCH3 is 2. The van der Waals surface area contributed by atoms with Crippen molar-refractivity contribution in [2.24, 2.45) is 0 Å². The molecule has 0 atom stereocenters. The van der Waals surface area contributed by atoms with Gasteiger partial charge >= 0.3 is 0 Å². The number of halogens is 2. The minimum absolute atomic E-state index is 0.0175. The lowest BCUT2D eigenvalue weighted by atomic mass is 10.0. The van der Waals surface area contributed by atoms with Crippen molar-refractivity contribution in [1.29, 1.82) is 0 Å². The van der Waals surface area contributed by atoms with Gasteiger partial charge in [-0.3, -0.25) is 9.59 Å². The summed E-state index contributed by atoms with van der Waals surface area (Å²) in [6, 6.07) is 15.5. The standard InChI is InChI=1S/C24H18F2N2O4/c1-31-16-11-12-18(20(13-16)32-2)27-22-21(14-7-9-15(25)10-8-14)23(29)28(24(22)30)19-6-4-3-5-17(19)26/h3-13,27H,1-2H3. The summed E-state index contributed by atoms with van der Waals surface area (Å²) in [6.07, 6.45) is 0. The molecule has 0 radical (unpaired) electrons. The van der Waals surface area contributed by atoms with Crippen molar-refractivity contribution < 1.29 is 27.8 Å². The van der Waals surface area contributed by atoms with E-state index in [1.165, 1.54) is 56.7 Å². The van der Waals surface area contributed by atoms with Gasteiger partial charge in [0.2, 0.25) is 0 Å². The van der Waals surface area contributed by atoms with E-state index in [-0.39, 0.29) is 17.0 Å². The lowest BCUT2D eigenvalue weighted by molar-refractivity contribution is -0.120. The van der Waals surface area contributed by atoms with E-state index in [4.69, 9.17) is 9.47 Å². The summed E-state index contributed by atoms with van der Waals surface area (Å²) in [5, 5.41) is 2.95. The van der Waals surface area contributed by atoms with E-state index in [1.54, 1.807) is 18.2 Å². The Morgan fingerprint density at radius 2 is 1.56 bits per heavy atom. The van der Waals surface area contributed by atoms with E-state index in [0.29, 0.717) is 22.7 Å². The number of hydrogen-bond donors (Lipinski definition) is 1. The maximum atomic E-state index is 14.5. The van der Waals surface area contributed by atoms with Gasteiger partial charge < -0.3 is 14.8 Å². The molecule has 162 valence electrons. The number of amides is 2. The number of benzene rings is 3. The normalized spacial score (nSPS) is 13.6. The molecule has 0 aromatic heterocycles. The molecule has 3 aromatic carbocycles. The molecule has 0 unspecified atom stereocenters. The largest absolute Gasteiger partial charge is 0.497 e. The lowest BCUT2D eigenvalue weighted by Crippen LogP contribution is -2.33. The van der Waals surface area contributed by atoms with Gasteiger partial charge in [0, 0.05) is 6.07 Å². The number of nitrogens with one attached hydrogen (secondary N) is 1. The van der Waals surface area contributed by atoms with Crippen molar-refractivity contribution >= 4 is 28.8 Å². The van der Waals surface area contributed by atoms with Crippen LogP contribution in [0.2, 0.25) is 0 Å². The summed E-state index contributed by atoms with van der Waals surface area (Å²) in [4.78, 5) is 27.4. The van der Waals surface area contributed by atoms with Crippen LogP contribution in [0.1, 0.15) is 5.56 Å². The first-order chi connectivity index (χ1) is 15.4. The monoisotopic (exact) mass is 436 g/mol. The quantitative estimate of drug-likeness (QED) is 0.581. The zero-order valence-electron chi connectivity index (χ0n) is 17.2. The van der Waals surface area contributed by atoms with Gasteiger partial charge in [-0.2, -0.15) is 0 Å². The molecule has 0 saturated carbocycles. The molecule has 32 heavy (non-hydrogen) atoms. The van der Waals surface area contributed by atoms with Crippen molar-refractivity contribution in [2.75, 3.05) is 24.4 Å². The molecule has 0 fully saturated rings. The van der Waals surface area contributed by atoms with Crippen molar-refractivity contribution in [1.82, 2.24) is 0 Å². The Morgan fingerprint density at radius 3 is 2.22 bits per heavy atom. The van der Waals surface area contributed by atoms with E-state index < -0.39 is 23.4 Å². The Labute approximate surface area is 182 Å². The summed E-state index contributed by atoms with van der Waals surface area (Å²) in [5.74, 6) is -1.82. The number of nitrogens with zero attached hydrogens (tertiary/aromatic N) is 1. The van der Waals surface area contributed by atoms with Gasteiger partial charge in [0.1, 0.15) is 28.8 Å². The summed E-state index contributed by atoms with van der Waals surface area (Å²) in [6.45, 7) is 0. The number of hydrogen-bond acceptors (Lipinski definition) is 5. The van der Waals surface area contributed by atoms with Gasteiger partial charge in [-0.1, -0.05) is 24.3 Å². The van der Waals surface area contributed by atoms with Gasteiger partial charge in [-0.15, -0.1) is 0 Å². The molecular weight excluding hydrogens is 418 g/mol. The van der Waals surface area contributed by atoms with E-state index in [0.717, 1.165) is 11.0 Å². The van der Waals surface area contributed by atoms with Crippen LogP contribution >= 0.6 is 0 Å². The second-order valence-corrected chi connectivity index (χ2v) is 6.85. The summed E-state index contributed by atoms with van der Waals surface area (Å²) < 4.78 is 38.5. The molecule has 1 heterocycles. The third-order valence-corrected chi connectivity index (χ3v) is 4.98. The minimum atomic E-state index is -0.753. The Balaban J connectivity index is 1.85. The van der Waals surface area contributed by atoms with Crippen LogP contribution in [0.4, 0.5) is 20.2 Å². The van der Waals surface area contributed by atoms with Gasteiger partial charge in [0.25, 0.3) is 11.8 Å². The molecule has 0 spiro atoms. The maximum absolute atomic E-state index is 14.5. The SMILES string of the molecule is COc1ccc(NC2=C(c3ccc(F)cc3)C(=O)N(c3ccccc3F)C2=O)c(OC)c1. The van der Waals surface area contributed by atoms with Crippen LogP contribution in [0.25, 0.3) is 5.57 Å². The number of carbonyl (C=O) groups is 2. The number of imide groups is 1. The molecule has 0 aliphatic carbocycles. The zero-order valence-corrected chi connectivity index (χ0v) is 17.2. The molecule has 4 rings (SSSR count). The highest BCUT2D eigenvalue weighted by atomic mass is 19.1. The summed E-state index contributed by atoms with van der Waals surface area (Å²) in [5.41, 5.74) is 0.406. The lowest BCUT2D eigenvalue weighted by Gasteiger charge is -2.16. The molecular formula is C24H18F2N2O4. The highest BCUT2D eigenvalue weighted by Crippen LogP contribution is 2.37. The smallest absolute Gasteiger partial charge is 0.282 e. The van der Waals surface area contributed by atoms with Gasteiger partial charge in [-0.05, 0) is 42.0 Å². The van der Waals surface area contributed by atoms with Gasteiger partial charge in [0.15, 0.2) is 0 Å². The Hall–Kier alpha value is -4.20. The number of carbonyl (C=O) groups excluding carboxylic acids is 2. The molecule has 3 aromatic rings. The highest BCUT2D eigenvalue weighted by Gasteiger charge is 2.41. The first-order valence-corrected chi connectivity index (χ1v) is 9.57. The van der Waals surface area contributed by atoms with Crippen molar-refractivity contribution in [3.05, 3.63) is 89.6 Å². The first-order valence-electron chi connectivity index (χ1n) is 9.57. The number of rotatable bonds is 6. The zero-order chi connectivity index (χ0) is 22.8. The van der Waals surface area contributed by atoms with Crippen LogP contribution in [-0.2, 0) is 9.59 Å². The van der Waals surface area contributed by atoms with Crippen molar-refractivity contribution in [3.63, 3.8) is 0 Å². The highest BCUT2D eigenvalue weighted by molar-refractivity contribution is 6.46. The molecule has 1 N–H and O–H groups in total. The molecule has 8 heteroatoms. The average molecular weight is 436 g/mol. The molecule has 2 amide bonds. The van der Waals surface area contributed by atoms with E-state index in [2.05, 4.69) is 5.32 Å². The van der Waals surface area contributed by atoms with Crippen molar-refractivity contribution in [2.45, 2.75) is 0 Å². The number of ether oxygens (including phenoxy) is 2. The Morgan fingerprint density at radius 1 is 0.844 bits per heavy atom. The summed E-state index contributed by atoms with van der Waals surface area (Å²) >= 11 is 0. The van der Waals surface area contributed by atoms with Gasteiger partial charge in [-0.25, -0.2) is 13.7 Å². The van der Waals surface area contributed by atoms with E-state index in [9.17, 15) is 18.4 Å². The predicted molar refractivity (Wildman–Crippen MR) is 115 cm³/mol. The van der Waals surface area contributed by atoms with Crippen LogP contribution in [-0.4, -0.2) is 26.0 Å². The minimum Gasteiger partial charge on any atom is -0.497 e. The molecule has 0 bridgehead atoms. The summed E-state index contributed by atoms with van der Waals surface area (Å²) in [7, 11) is 2.95. The topological polar surface area (TPSA) is 67.9 Å². The second kappa shape index (κ2) is 8.50. The predicted octanol–water partition coefficient (Wildman–Crippen LogP) is 4.38. The second-order valence-electron chi connectivity index (χ2n) is 6.85. The van der Waals surface area contributed by atoms with Crippen LogP contribution in [0.15, 0.2) is 72.4 Å². The maximum Gasteiger partial charge on any atom is 0.282 e. The van der Waals surface area contributed by atoms with Crippen LogP contribution in [0, 0.1) is 11.6 Å². The Kier molecular flexibility index (Phi) is 5.59. The third kappa shape index (κ3) is 3.66. The first kappa shape index (κ1) is 21.0. The molecule has 1 aliphatic heterocycles. The van der Waals surface area contributed by atoms with E-state index >= 15 is 0 Å².